The van der Waals surface area contributed by atoms with E-state index >= 15 is 0 Å². The van der Waals surface area contributed by atoms with Crippen molar-refractivity contribution in [3.05, 3.63) is 69.0 Å². The minimum Gasteiger partial charge on any atom is -0.481 e. The molecule has 1 N–H and O–H groups in total. The Bertz CT molecular complexity index is 1120. The van der Waals surface area contributed by atoms with E-state index in [1.165, 1.54) is 18.2 Å². The lowest BCUT2D eigenvalue weighted by Crippen LogP contribution is -2.15. The zero-order chi connectivity index (χ0) is 22.5. The van der Waals surface area contributed by atoms with Gasteiger partial charge in [0.2, 0.25) is 5.91 Å². The first-order valence-electron chi connectivity index (χ1n) is 9.24. The molecule has 0 saturated carbocycles. The van der Waals surface area contributed by atoms with Crippen LogP contribution in [0.1, 0.15) is 24.4 Å². The maximum atomic E-state index is 12.3. The van der Waals surface area contributed by atoms with E-state index < -0.39 is 11.0 Å². The van der Waals surface area contributed by atoms with Gasteiger partial charge >= 0.3 is 0 Å². The lowest BCUT2D eigenvalue weighted by atomic mass is 10.2. The number of benzene rings is 2. The first-order chi connectivity index (χ1) is 14.8. The topological polar surface area (TPSA) is 112 Å². The van der Waals surface area contributed by atoms with E-state index in [1.807, 2.05) is 26.0 Å². The van der Waals surface area contributed by atoms with Crippen LogP contribution in [0.15, 0.2) is 47.6 Å². The van der Waals surface area contributed by atoms with Gasteiger partial charge in [0.25, 0.3) is 5.69 Å². The fraction of sp³-hybridized carbons (Fsp3) is 0.250. The van der Waals surface area contributed by atoms with Crippen molar-refractivity contribution in [2.75, 3.05) is 11.1 Å². The van der Waals surface area contributed by atoms with Crippen molar-refractivity contribution in [3.63, 3.8) is 0 Å². The summed E-state index contributed by atoms with van der Waals surface area (Å²) in [5, 5.41) is 22.9. The lowest BCUT2D eigenvalue weighted by Gasteiger charge is -2.15. The van der Waals surface area contributed by atoms with Crippen molar-refractivity contribution in [2.24, 2.45) is 7.05 Å². The van der Waals surface area contributed by atoms with Gasteiger partial charge in [0, 0.05) is 13.1 Å². The number of aromatic nitrogens is 3. The molecule has 2 aromatic carbocycles. The molecule has 3 aromatic rings. The first-order valence-corrected chi connectivity index (χ1v) is 10.6. The molecule has 1 atom stereocenters. The molecule has 31 heavy (non-hydrogen) atoms. The monoisotopic (exact) mass is 461 g/mol. The van der Waals surface area contributed by atoms with Gasteiger partial charge in [-0.2, -0.15) is 0 Å². The summed E-state index contributed by atoms with van der Waals surface area (Å²) in [5.74, 6) is 0.742. The highest BCUT2D eigenvalue weighted by atomic mass is 35.5. The third kappa shape index (κ3) is 5.53. The van der Waals surface area contributed by atoms with Crippen LogP contribution in [0, 0.1) is 17.0 Å². The zero-order valence-electron chi connectivity index (χ0n) is 17.0. The fourth-order valence-electron chi connectivity index (χ4n) is 2.80. The normalized spacial score (nSPS) is 11.7. The maximum Gasteiger partial charge on any atom is 0.292 e. The van der Waals surface area contributed by atoms with Crippen molar-refractivity contribution >= 4 is 40.6 Å². The standard InChI is InChI=1S/C20H20ClN5O4S/c1-12-8-9-14(21)17(10-12)30-13(2)19-23-24-20(25(19)3)31-11-18(27)22-15-6-4-5-7-16(15)26(28)29/h4-10,13H,11H2,1-3H3,(H,22,27). The zero-order valence-corrected chi connectivity index (χ0v) is 18.6. The van der Waals surface area contributed by atoms with E-state index in [-0.39, 0.29) is 23.0 Å². The molecule has 0 radical (unpaired) electrons. The number of amides is 1. The van der Waals surface area contributed by atoms with Gasteiger partial charge in [0.05, 0.1) is 15.7 Å². The van der Waals surface area contributed by atoms with Crippen molar-refractivity contribution in [1.82, 2.24) is 14.8 Å². The van der Waals surface area contributed by atoms with Crippen molar-refractivity contribution in [2.45, 2.75) is 25.1 Å². The predicted octanol–water partition coefficient (Wildman–Crippen LogP) is 4.56. The second-order valence-corrected chi connectivity index (χ2v) is 8.05. The number of hydrogen-bond donors (Lipinski definition) is 1. The summed E-state index contributed by atoms with van der Waals surface area (Å²) in [6.07, 6.45) is -0.424. The number of nitrogens with one attached hydrogen (secondary N) is 1. The van der Waals surface area contributed by atoms with Crippen LogP contribution in [0.4, 0.5) is 11.4 Å². The molecular formula is C20H20ClN5O4S. The summed E-state index contributed by atoms with van der Waals surface area (Å²) in [5.41, 5.74) is 1.00. The van der Waals surface area contributed by atoms with Crippen LogP contribution in [0.2, 0.25) is 5.02 Å². The largest absolute Gasteiger partial charge is 0.481 e. The molecule has 9 nitrogen and oxygen atoms in total. The van der Waals surface area contributed by atoms with Crippen LogP contribution >= 0.6 is 23.4 Å². The molecule has 0 aliphatic rings. The molecule has 11 heteroatoms. The molecule has 0 fully saturated rings. The highest BCUT2D eigenvalue weighted by Gasteiger charge is 2.20. The highest BCUT2D eigenvalue weighted by molar-refractivity contribution is 7.99. The molecule has 1 amide bonds. The number of para-hydroxylation sites is 2. The SMILES string of the molecule is Cc1ccc(Cl)c(OC(C)c2nnc(SCC(=O)Nc3ccccc3[N+](=O)[O-])n2C)c1. The molecule has 0 saturated heterocycles. The van der Waals surface area contributed by atoms with Crippen LogP contribution in [-0.4, -0.2) is 31.3 Å². The van der Waals surface area contributed by atoms with Gasteiger partial charge in [-0.15, -0.1) is 10.2 Å². The Balaban J connectivity index is 1.63. The molecule has 0 aliphatic heterocycles. The van der Waals surface area contributed by atoms with E-state index in [4.69, 9.17) is 16.3 Å². The van der Waals surface area contributed by atoms with Crippen LogP contribution in [0.25, 0.3) is 0 Å². The van der Waals surface area contributed by atoms with Gasteiger partial charge in [0.1, 0.15) is 11.4 Å². The van der Waals surface area contributed by atoms with Gasteiger partial charge in [0.15, 0.2) is 17.1 Å². The summed E-state index contributed by atoms with van der Waals surface area (Å²) in [6, 6.07) is 11.5. The van der Waals surface area contributed by atoms with Crippen LogP contribution in [-0.2, 0) is 11.8 Å². The quantitative estimate of drug-likeness (QED) is 0.297. The summed E-state index contributed by atoms with van der Waals surface area (Å²) in [6.45, 7) is 3.78. The van der Waals surface area contributed by atoms with E-state index in [1.54, 1.807) is 23.7 Å². The number of anilines is 1. The Morgan fingerprint density at radius 1 is 1.32 bits per heavy atom. The molecule has 1 heterocycles. The molecule has 1 aromatic heterocycles. The third-order valence-electron chi connectivity index (χ3n) is 4.33. The second kappa shape index (κ2) is 9.80. The summed E-state index contributed by atoms with van der Waals surface area (Å²) in [4.78, 5) is 22.8. The van der Waals surface area contributed by atoms with Crippen LogP contribution < -0.4 is 10.1 Å². The van der Waals surface area contributed by atoms with Crippen molar-refractivity contribution in [3.8, 4) is 5.75 Å². The average Bonchev–Trinajstić information content (AvgIpc) is 3.10. The van der Waals surface area contributed by atoms with Gasteiger partial charge in [-0.3, -0.25) is 14.9 Å². The van der Waals surface area contributed by atoms with Gasteiger partial charge in [-0.1, -0.05) is 41.6 Å². The van der Waals surface area contributed by atoms with E-state index in [2.05, 4.69) is 15.5 Å². The van der Waals surface area contributed by atoms with E-state index in [0.717, 1.165) is 17.3 Å². The van der Waals surface area contributed by atoms with Crippen LogP contribution in [0.3, 0.4) is 0 Å². The van der Waals surface area contributed by atoms with Gasteiger partial charge in [-0.25, -0.2) is 0 Å². The molecular weight excluding hydrogens is 442 g/mol. The Kier molecular flexibility index (Phi) is 7.13. The molecule has 0 aliphatic carbocycles. The molecule has 3 rings (SSSR count). The number of carbonyl (C=O) groups excluding carboxylic acids is 1. The number of hydrogen-bond acceptors (Lipinski definition) is 7. The number of nitro benzene ring substituents is 1. The minimum absolute atomic E-state index is 0.0109. The minimum atomic E-state index is -0.542. The van der Waals surface area contributed by atoms with Gasteiger partial charge in [-0.05, 0) is 37.6 Å². The average molecular weight is 462 g/mol. The van der Waals surface area contributed by atoms with Gasteiger partial charge < -0.3 is 14.6 Å². The van der Waals surface area contributed by atoms with Crippen molar-refractivity contribution in [1.29, 1.82) is 0 Å². The van der Waals surface area contributed by atoms with Crippen molar-refractivity contribution < 1.29 is 14.5 Å². The summed E-state index contributed by atoms with van der Waals surface area (Å²) < 4.78 is 7.67. The fourth-order valence-corrected chi connectivity index (χ4v) is 3.69. The summed E-state index contributed by atoms with van der Waals surface area (Å²) >= 11 is 7.36. The second-order valence-electron chi connectivity index (χ2n) is 6.70. The first kappa shape index (κ1) is 22.6. The number of rotatable bonds is 8. The molecule has 1 unspecified atom stereocenters. The molecule has 0 bridgehead atoms. The Morgan fingerprint density at radius 2 is 2.06 bits per heavy atom. The number of halogens is 1. The van der Waals surface area contributed by atoms with E-state index in [9.17, 15) is 14.9 Å². The summed E-state index contributed by atoms with van der Waals surface area (Å²) in [7, 11) is 1.77. The van der Waals surface area contributed by atoms with Crippen LogP contribution in [0.5, 0.6) is 5.75 Å². The number of nitrogens with zero attached hydrogens (tertiary/aromatic N) is 4. The Morgan fingerprint density at radius 3 is 2.81 bits per heavy atom. The third-order valence-corrected chi connectivity index (χ3v) is 5.66. The lowest BCUT2D eigenvalue weighted by molar-refractivity contribution is -0.383. The molecule has 162 valence electrons. The predicted molar refractivity (Wildman–Crippen MR) is 119 cm³/mol. The Labute approximate surface area is 187 Å². The number of ether oxygens (including phenoxy) is 1. The number of carbonyl (C=O) groups is 1. The molecule has 0 spiro atoms. The highest BCUT2D eigenvalue weighted by Crippen LogP contribution is 2.30. The van der Waals surface area contributed by atoms with E-state index in [0.29, 0.717) is 21.8 Å². The number of thioether (sulfide) groups is 1. The number of aryl methyl sites for hydroxylation is 1. The number of nitro groups is 1. The Hall–Kier alpha value is -3.11. The smallest absolute Gasteiger partial charge is 0.292 e. The maximum absolute atomic E-state index is 12.3.